The minimum Gasteiger partial charge on any atom is -0.508 e. The first-order valence-electron chi connectivity index (χ1n) is 6.80. The number of carbonyl (C=O) groups excluding carboxylic acids is 1. The van der Waals surface area contributed by atoms with Crippen molar-refractivity contribution in [2.24, 2.45) is 5.92 Å². The van der Waals surface area contributed by atoms with Gasteiger partial charge in [-0.25, -0.2) is 0 Å². The van der Waals surface area contributed by atoms with Gasteiger partial charge < -0.3 is 10.4 Å². The third-order valence-electron chi connectivity index (χ3n) is 3.83. The van der Waals surface area contributed by atoms with Gasteiger partial charge in [0.1, 0.15) is 5.75 Å². The van der Waals surface area contributed by atoms with Crippen molar-refractivity contribution in [1.82, 2.24) is 0 Å². The molecule has 2 atom stereocenters. The van der Waals surface area contributed by atoms with Crippen LogP contribution in [-0.2, 0) is 4.79 Å². The molecular formula is C17H17NO2. The van der Waals surface area contributed by atoms with Crippen molar-refractivity contribution < 1.29 is 9.90 Å². The van der Waals surface area contributed by atoms with Crippen LogP contribution in [0.1, 0.15) is 23.5 Å². The van der Waals surface area contributed by atoms with E-state index in [1.165, 1.54) is 5.56 Å². The summed E-state index contributed by atoms with van der Waals surface area (Å²) in [6.45, 7) is 1.83. The Balaban J connectivity index is 1.65. The van der Waals surface area contributed by atoms with Crippen molar-refractivity contribution in [3.63, 3.8) is 0 Å². The predicted molar refractivity (Wildman–Crippen MR) is 78.8 cm³/mol. The minimum absolute atomic E-state index is 0.0297. The number of phenols is 1. The SMILES string of the molecule is Cc1ccc(NC(=O)C2CC2c2ccccc2)cc1O. The maximum absolute atomic E-state index is 12.2. The second-order valence-electron chi connectivity index (χ2n) is 5.35. The fraction of sp³-hybridized carbons (Fsp3) is 0.235. The molecule has 0 saturated heterocycles. The van der Waals surface area contributed by atoms with E-state index in [1.54, 1.807) is 12.1 Å². The Morgan fingerprint density at radius 1 is 1.20 bits per heavy atom. The van der Waals surface area contributed by atoms with Gasteiger partial charge in [0.25, 0.3) is 0 Å². The zero-order valence-electron chi connectivity index (χ0n) is 11.3. The van der Waals surface area contributed by atoms with Gasteiger partial charge in [-0.2, -0.15) is 0 Å². The van der Waals surface area contributed by atoms with Crippen molar-refractivity contribution in [1.29, 1.82) is 0 Å². The quantitative estimate of drug-likeness (QED) is 0.895. The molecule has 3 nitrogen and oxygen atoms in total. The van der Waals surface area contributed by atoms with Gasteiger partial charge in [-0.3, -0.25) is 4.79 Å². The Hall–Kier alpha value is -2.29. The number of anilines is 1. The third kappa shape index (κ3) is 2.52. The average molecular weight is 267 g/mol. The molecule has 0 aliphatic heterocycles. The number of amides is 1. The molecule has 20 heavy (non-hydrogen) atoms. The molecule has 1 amide bonds. The molecule has 3 rings (SSSR count). The van der Waals surface area contributed by atoms with Crippen molar-refractivity contribution in [2.45, 2.75) is 19.3 Å². The predicted octanol–water partition coefficient (Wildman–Crippen LogP) is 3.44. The summed E-state index contributed by atoms with van der Waals surface area (Å²) in [5.41, 5.74) is 2.67. The molecule has 1 aliphatic rings. The van der Waals surface area contributed by atoms with Gasteiger partial charge >= 0.3 is 0 Å². The molecule has 1 saturated carbocycles. The maximum atomic E-state index is 12.2. The molecule has 2 aromatic carbocycles. The smallest absolute Gasteiger partial charge is 0.228 e. The molecule has 102 valence electrons. The van der Waals surface area contributed by atoms with Crippen molar-refractivity contribution >= 4 is 11.6 Å². The number of phenolic OH excluding ortho intramolecular Hbond substituents is 1. The highest BCUT2D eigenvalue weighted by Gasteiger charge is 2.43. The number of aryl methyl sites for hydroxylation is 1. The van der Waals surface area contributed by atoms with Crippen LogP contribution in [0.15, 0.2) is 48.5 Å². The van der Waals surface area contributed by atoms with Crippen molar-refractivity contribution in [3.05, 3.63) is 59.7 Å². The minimum atomic E-state index is 0.0297. The average Bonchev–Trinajstić information content (AvgIpc) is 3.24. The van der Waals surface area contributed by atoms with E-state index in [0.717, 1.165) is 12.0 Å². The number of rotatable bonds is 3. The van der Waals surface area contributed by atoms with E-state index in [1.807, 2.05) is 31.2 Å². The van der Waals surface area contributed by atoms with Crippen LogP contribution >= 0.6 is 0 Å². The molecule has 2 unspecified atom stereocenters. The molecule has 0 bridgehead atoms. The second kappa shape index (κ2) is 5.00. The zero-order chi connectivity index (χ0) is 14.1. The second-order valence-corrected chi connectivity index (χ2v) is 5.35. The highest BCUT2D eigenvalue weighted by Crippen LogP contribution is 2.47. The van der Waals surface area contributed by atoms with Gasteiger partial charge in [0.05, 0.1) is 0 Å². The summed E-state index contributed by atoms with van der Waals surface area (Å²) in [5, 5.41) is 12.5. The molecule has 2 aromatic rings. The Morgan fingerprint density at radius 2 is 1.95 bits per heavy atom. The Morgan fingerprint density at radius 3 is 2.65 bits per heavy atom. The van der Waals surface area contributed by atoms with Crippen LogP contribution in [0.4, 0.5) is 5.69 Å². The molecule has 1 aliphatic carbocycles. The van der Waals surface area contributed by atoms with E-state index >= 15 is 0 Å². The number of hydrogen-bond acceptors (Lipinski definition) is 2. The lowest BCUT2D eigenvalue weighted by molar-refractivity contribution is -0.117. The van der Waals surface area contributed by atoms with Gasteiger partial charge in [-0.15, -0.1) is 0 Å². The lowest BCUT2D eigenvalue weighted by Crippen LogP contribution is -2.14. The van der Waals surface area contributed by atoms with E-state index in [0.29, 0.717) is 11.6 Å². The fourth-order valence-corrected chi connectivity index (χ4v) is 2.48. The number of carbonyl (C=O) groups is 1. The number of benzene rings is 2. The summed E-state index contributed by atoms with van der Waals surface area (Å²) in [6.07, 6.45) is 0.897. The summed E-state index contributed by atoms with van der Waals surface area (Å²) in [7, 11) is 0. The Kier molecular flexibility index (Phi) is 3.18. The van der Waals surface area contributed by atoms with Gasteiger partial charge in [0.2, 0.25) is 5.91 Å². The van der Waals surface area contributed by atoms with Crippen LogP contribution in [0.25, 0.3) is 0 Å². The standard InChI is InChI=1S/C17H17NO2/c1-11-7-8-13(9-16(11)19)18-17(20)15-10-14(15)12-5-3-2-4-6-12/h2-9,14-15,19H,10H2,1H3,(H,18,20). The molecule has 0 heterocycles. The summed E-state index contributed by atoms with van der Waals surface area (Å²) in [4.78, 5) is 12.2. The summed E-state index contributed by atoms with van der Waals surface area (Å²) in [5.74, 6) is 0.608. The van der Waals surface area contributed by atoms with Crippen LogP contribution in [0.2, 0.25) is 0 Å². The lowest BCUT2D eigenvalue weighted by atomic mass is 10.1. The van der Waals surface area contributed by atoms with Crippen LogP contribution in [0.3, 0.4) is 0 Å². The van der Waals surface area contributed by atoms with Gasteiger partial charge in [0.15, 0.2) is 0 Å². The van der Waals surface area contributed by atoms with Crippen molar-refractivity contribution in [3.8, 4) is 5.75 Å². The first kappa shape index (κ1) is 12.7. The number of aromatic hydroxyl groups is 1. The Bertz CT molecular complexity index is 637. The maximum Gasteiger partial charge on any atom is 0.228 e. The normalized spacial score (nSPS) is 20.4. The van der Waals surface area contributed by atoms with E-state index < -0.39 is 0 Å². The largest absolute Gasteiger partial charge is 0.508 e. The monoisotopic (exact) mass is 267 g/mol. The van der Waals surface area contributed by atoms with E-state index in [-0.39, 0.29) is 17.6 Å². The molecule has 0 spiro atoms. The van der Waals surface area contributed by atoms with Crippen LogP contribution in [0, 0.1) is 12.8 Å². The summed E-state index contributed by atoms with van der Waals surface area (Å²) >= 11 is 0. The third-order valence-corrected chi connectivity index (χ3v) is 3.83. The van der Waals surface area contributed by atoms with Crippen molar-refractivity contribution in [2.75, 3.05) is 5.32 Å². The lowest BCUT2D eigenvalue weighted by Gasteiger charge is -2.07. The molecule has 3 heteroatoms. The van der Waals surface area contributed by atoms with E-state index in [9.17, 15) is 9.90 Å². The first-order valence-corrected chi connectivity index (χ1v) is 6.80. The van der Waals surface area contributed by atoms with Gasteiger partial charge in [-0.05, 0) is 36.5 Å². The van der Waals surface area contributed by atoms with Gasteiger partial charge in [0, 0.05) is 17.7 Å². The molecule has 0 aromatic heterocycles. The van der Waals surface area contributed by atoms with Crippen LogP contribution < -0.4 is 5.32 Å². The van der Waals surface area contributed by atoms with Crippen LogP contribution in [-0.4, -0.2) is 11.0 Å². The summed E-state index contributed by atoms with van der Waals surface area (Å²) in [6, 6.07) is 15.3. The van der Waals surface area contributed by atoms with E-state index in [4.69, 9.17) is 0 Å². The molecular weight excluding hydrogens is 250 g/mol. The number of hydrogen-bond donors (Lipinski definition) is 2. The molecule has 2 N–H and O–H groups in total. The molecule has 1 fully saturated rings. The molecule has 0 radical (unpaired) electrons. The first-order chi connectivity index (χ1) is 9.65. The topological polar surface area (TPSA) is 49.3 Å². The zero-order valence-corrected chi connectivity index (χ0v) is 11.3. The van der Waals surface area contributed by atoms with Crippen LogP contribution in [0.5, 0.6) is 5.75 Å². The summed E-state index contributed by atoms with van der Waals surface area (Å²) < 4.78 is 0. The Labute approximate surface area is 118 Å². The van der Waals surface area contributed by atoms with E-state index in [2.05, 4.69) is 17.4 Å². The van der Waals surface area contributed by atoms with Gasteiger partial charge in [-0.1, -0.05) is 36.4 Å². The number of nitrogens with one attached hydrogen (secondary N) is 1. The highest BCUT2D eigenvalue weighted by molar-refractivity contribution is 5.95. The fourth-order valence-electron chi connectivity index (χ4n) is 2.48. The highest BCUT2D eigenvalue weighted by atomic mass is 16.3.